The summed E-state index contributed by atoms with van der Waals surface area (Å²) in [7, 11) is 0. The van der Waals surface area contributed by atoms with Crippen LogP contribution in [0.15, 0.2) is 24.3 Å². The third-order valence-corrected chi connectivity index (χ3v) is 3.87. The van der Waals surface area contributed by atoms with E-state index in [2.05, 4.69) is 0 Å². The molecule has 3 heteroatoms. The molecule has 1 aromatic rings. The Morgan fingerprint density at radius 1 is 1.29 bits per heavy atom. The van der Waals surface area contributed by atoms with Gasteiger partial charge in [-0.25, -0.2) is 0 Å². The van der Waals surface area contributed by atoms with E-state index in [9.17, 15) is 9.90 Å². The van der Waals surface area contributed by atoms with Crippen molar-refractivity contribution in [3.05, 3.63) is 34.9 Å². The van der Waals surface area contributed by atoms with Crippen molar-refractivity contribution in [1.29, 1.82) is 0 Å². The number of aliphatic carboxylic acids is 1. The molecular weight excluding hydrogens is 236 g/mol. The van der Waals surface area contributed by atoms with Crippen molar-refractivity contribution in [2.75, 3.05) is 0 Å². The zero-order chi connectivity index (χ0) is 12.3. The van der Waals surface area contributed by atoms with Gasteiger partial charge in [0.05, 0.1) is 5.92 Å². The van der Waals surface area contributed by atoms with Gasteiger partial charge in [-0.15, -0.1) is 0 Å². The van der Waals surface area contributed by atoms with Gasteiger partial charge in [0.2, 0.25) is 0 Å². The fourth-order valence-electron chi connectivity index (χ4n) is 2.65. The molecule has 0 spiro atoms. The van der Waals surface area contributed by atoms with Crippen LogP contribution >= 0.6 is 11.6 Å². The molecule has 0 heterocycles. The van der Waals surface area contributed by atoms with Crippen molar-refractivity contribution in [1.82, 2.24) is 0 Å². The molecule has 1 fully saturated rings. The first-order chi connectivity index (χ1) is 8.16. The maximum Gasteiger partial charge on any atom is 0.310 e. The zero-order valence-corrected chi connectivity index (χ0v) is 10.5. The summed E-state index contributed by atoms with van der Waals surface area (Å²) in [5.74, 6) is -0.527. The van der Waals surface area contributed by atoms with Crippen LogP contribution in [0.3, 0.4) is 0 Å². The first-order valence-electron chi connectivity index (χ1n) is 6.15. The Morgan fingerprint density at radius 2 is 1.88 bits per heavy atom. The highest BCUT2D eigenvalue weighted by atomic mass is 35.5. The van der Waals surface area contributed by atoms with Gasteiger partial charge in [-0.05, 0) is 30.0 Å². The number of hydrogen-bond donors (Lipinski definition) is 1. The predicted octanol–water partition coefficient (Wildman–Crippen LogP) is 4.09. The highest BCUT2D eigenvalue weighted by molar-refractivity contribution is 6.30. The van der Waals surface area contributed by atoms with Crippen LogP contribution in [0.1, 0.15) is 43.6 Å². The second-order valence-electron chi connectivity index (χ2n) is 4.83. The van der Waals surface area contributed by atoms with Gasteiger partial charge >= 0.3 is 5.97 Å². The number of hydrogen-bond acceptors (Lipinski definition) is 1. The number of benzene rings is 1. The SMILES string of the molecule is O=C(O)[C@H](CC1CCCC1)c1ccc(Cl)cc1. The van der Waals surface area contributed by atoms with Gasteiger partial charge in [0.15, 0.2) is 0 Å². The molecular formula is C14H17ClO2. The number of carbonyl (C=O) groups is 1. The second-order valence-corrected chi connectivity index (χ2v) is 5.26. The van der Waals surface area contributed by atoms with E-state index in [1.54, 1.807) is 12.1 Å². The molecule has 17 heavy (non-hydrogen) atoms. The molecule has 1 saturated carbocycles. The van der Waals surface area contributed by atoms with Crippen molar-refractivity contribution < 1.29 is 9.90 Å². The van der Waals surface area contributed by atoms with Crippen molar-refractivity contribution in [2.24, 2.45) is 5.92 Å². The van der Waals surface area contributed by atoms with E-state index < -0.39 is 5.97 Å². The van der Waals surface area contributed by atoms with E-state index in [-0.39, 0.29) is 5.92 Å². The van der Waals surface area contributed by atoms with Gasteiger partial charge in [0.1, 0.15) is 0 Å². The number of rotatable bonds is 4. The average molecular weight is 253 g/mol. The van der Waals surface area contributed by atoms with Gasteiger partial charge in [0, 0.05) is 5.02 Å². The Balaban J connectivity index is 2.10. The third-order valence-electron chi connectivity index (χ3n) is 3.61. The standard InChI is InChI=1S/C14H17ClO2/c15-12-7-5-11(6-8-12)13(14(16)17)9-10-3-1-2-4-10/h5-8,10,13H,1-4,9H2,(H,16,17)/t13-/m1/s1. The molecule has 2 nitrogen and oxygen atoms in total. The second kappa shape index (κ2) is 5.54. The molecule has 0 amide bonds. The number of carboxylic acid groups (broad SMARTS) is 1. The summed E-state index contributed by atoms with van der Waals surface area (Å²) in [5, 5.41) is 9.97. The molecule has 2 rings (SSSR count). The summed E-state index contributed by atoms with van der Waals surface area (Å²) < 4.78 is 0. The van der Waals surface area contributed by atoms with Gasteiger partial charge in [-0.3, -0.25) is 4.79 Å². The fraction of sp³-hybridized carbons (Fsp3) is 0.500. The van der Waals surface area contributed by atoms with Crippen LogP contribution in [0.2, 0.25) is 5.02 Å². The van der Waals surface area contributed by atoms with Crippen molar-refractivity contribution in [3.63, 3.8) is 0 Å². The van der Waals surface area contributed by atoms with Crippen molar-refractivity contribution in [2.45, 2.75) is 38.0 Å². The van der Waals surface area contributed by atoms with Gasteiger partial charge < -0.3 is 5.11 Å². The van der Waals surface area contributed by atoms with Gasteiger partial charge in [-0.1, -0.05) is 49.4 Å². The van der Waals surface area contributed by atoms with E-state index in [1.165, 1.54) is 25.7 Å². The molecule has 1 aliphatic carbocycles. The van der Waals surface area contributed by atoms with Crippen LogP contribution < -0.4 is 0 Å². The van der Waals surface area contributed by atoms with Crippen LogP contribution in [0.4, 0.5) is 0 Å². The molecule has 0 bridgehead atoms. The monoisotopic (exact) mass is 252 g/mol. The zero-order valence-electron chi connectivity index (χ0n) is 9.73. The minimum atomic E-state index is -0.723. The molecule has 0 aliphatic heterocycles. The Morgan fingerprint density at radius 3 is 2.41 bits per heavy atom. The lowest BCUT2D eigenvalue weighted by molar-refractivity contribution is -0.139. The molecule has 92 valence electrons. The summed E-state index contributed by atoms with van der Waals surface area (Å²) in [4.78, 5) is 11.3. The van der Waals surface area contributed by atoms with Crippen LogP contribution in [0, 0.1) is 5.92 Å². The molecule has 0 aromatic heterocycles. The fourth-order valence-corrected chi connectivity index (χ4v) is 2.78. The quantitative estimate of drug-likeness (QED) is 0.876. The van der Waals surface area contributed by atoms with E-state index in [4.69, 9.17) is 11.6 Å². The van der Waals surface area contributed by atoms with Crippen molar-refractivity contribution in [3.8, 4) is 0 Å². The maximum atomic E-state index is 11.3. The number of carboxylic acids is 1. The molecule has 0 unspecified atom stereocenters. The molecule has 1 N–H and O–H groups in total. The van der Waals surface area contributed by atoms with Crippen LogP contribution in [0.5, 0.6) is 0 Å². The lowest BCUT2D eigenvalue weighted by Gasteiger charge is -2.17. The maximum absolute atomic E-state index is 11.3. The van der Waals surface area contributed by atoms with Crippen molar-refractivity contribution >= 4 is 17.6 Å². The Hall–Kier alpha value is -1.02. The van der Waals surface area contributed by atoms with Crippen LogP contribution in [-0.4, -0.2) is 11.1 Å². The molecule has 0 saturated heterocycles. The van der Waals surface area contributed by atoms with E-state index in [0.29, 0.717) is 10.9 Å². The molecule has 1 aromatic carbocycles. The van der Waals surface area contributed by atoms with Gasteiger partial charge in [-0.2, -0.15) is 0 Å². The molecule has 1 aliphatic rings. The highest BCUT2D eigenvalue weighted by Crippen LogP contribution is 2.34. The smallest absolute Gasteiger partial charge is 0.310 e. The Labute approximate surface area is 107 Å². The normalized spacial score (nSPS) is 18.2. The minimum absolute atomic E-state index is 0.379. The number of halogens is 1. The lowest BCUT2D eigenvalue weighted by atomic mass is 9.88. The van der Waals surface area contributed by atoms with Gasteiger partial charge in [0.25, 0.3) is 0 Å². The topological polar surface area (TPSA) is 37.3 Å². The summed E-state index contributed by atoms with van der Waals surface area (Å²) in [6.45, 7) is 0. The Kier molecular flexibility index (Phi) is 4.06. The van der Waals surface area contributed by atoms with Crippen LogP contribution in [0.25, 0.3) is 0 Å². The van der Waals surface area contributed by atoms with E-state index >= 15 is 0 Å². The molecule has 1 atom stereocenters. The third kappa shape index (κ3) is 3.22. The van der Waals surface area contributed by atoms with Crippen LogP contribution in [-0.2, 0) is 4.79 Å². The van der Waals surface area contributed by atoms with E-state index in [1.807, 2.05) is 12.1 Å². The summed E-state index contributed by atoms with van der Waals surface area (Å²) in [6.07, 6.45) is 5.61. The Bertz CT molecular complexity index is 380. The summed E-state index contributed by atoms with van der Waals surface area (Å²) >= 11 is 5.82. The lowest BCUT2D eigenvalue weighted by Crippen LogP contribution is -2.15. The average Bonchev–Trinajstić information content (AvgIpc) is 2.80. The first-order valence-corrected chi connectivity index (χ1v) is 6.53. The molecule has 0 radical (unpaired) electrons. The minimum Gasteiger partial charge on any atom is -0.481 e. The first kappa shape index (κ1) is 12.4. The summed E-state index contributed by atoms with van der Waals surface area (Å²) in [6, 6.07) is 7.19. The largest absolute Gasteiger partial charge is 0.481 e. The highest BCUT2D eigenvalue weighted by Gasteiger charge is 2.26. The predicted molar refractivity (Wildman–Crippen MR) is 68.4 cm³/mol. The van der Waals surface area contributed by atoms with E-state index in [0.717, 1.165) is 12.0 Å². The summed E-state index contributed by atoms with van der Waals surface area (Å²) in [5.41, 5.74) is 0.869.